The number of hydrogen-bond donors (Lipinski definition) is 2. The first kappa shape index (κ1) is 11.6. The van der Waals surface area contributed by atoms with Crippen LogP contribution in [-0.4, -0.2) is 17.1 Å². The van der Waals surface area contributed by atoms with Crippen LogP contribution in [-0.2, 0) is 6.54 Å². The lowest BCUT2D eigenvalue weighted by Crippen LogP contribution is -2.37. The summed E-state index contributed by atoms with van der Waals surface area (Å²) in [5, 5.41) is 5.74. The largest absolute Gasteiger partial charge is 0.444 e. The molecule has 0 aromatic carbocycles. The number of nitrogens with one attached hydrogen (secondary N) is 2. The van der Waals surface area contributed by atoms with Gasteiger partial charge in [0.2, 0.25) is 0 Å². The third kappa shape index (κ3) is 2.49. The Morgan fingerprint density at radius 3 is 2.89 bits per heavy atom. The monoisotopic (exact) mass is 249 g/mol. The molecular weight excluding hydrogens is 230 g/mol. The van der Waals surface area contributed by atoms with Gasteiger partial charge in [0.15, 0.2) is 5.89 Å². The molecule has 0 saturated heterocycles. The fourth-order valence-electron chi connectivity index (χ4n) is 2.01. The van der Waals surface area contributed by atoms with Crippen molar-refractivity contribution in [3.63, 3.8) is 0 Å². The van der Waals surface area contributed by atoms with Crippen molar-refractivity contribution in [2.45, 2.75) is 51.6 Å². The van der Waals surface area contributed by atoms with Crippen molar-refractivity contribution in [1.82, 2.24) is 15.6 Å². The number of oxazole rings is 1. The van der Waals surface area contributed by atoms with E-state index in [0.717, 1.165) is 18.1 Å². The Balaban J connectivity index is 1.44. The Morgan fingerprint density at radius 2 is 2.28 bits per heavy atom. The molecule has 2 amide bonds. The Morgan fingerprint density at radius 1 is 1.56 bits per heavy atom. The smallest absolute Gasteiger partial charge is 0.315 e. The number of aromatic nitrogens is 1. The molecule has 1 atom stereocenters. The maximum atomic E-state index is 11.6. The molecule has 0 unspecified atom stereocenters. The van der Waals surface area contributed by atoms with E-state index in [0.29, 0.717) is 18.5 Å². The van der Waals surface area contributed by atoms with Crippen LogP contribution in [0.4, 0.5) is 4.79 Å². The van der Waals surface area contributed by atoms with Gasteiger partial charge >= 0.3 is 6.03 Å². The fourth-order valence-corrected chi connectivity index (χ4v) is 2.01. The predicted octanol–water partition coefficient (Wildman–Crippen LogP) is 2.15. The molecule has 18 heavy (non-hydrogen) atoms. The summed E-state index contributed by atoms with van der Waals surface area (Å²) in [7, 11) is 0. The minimum Gasteiger partial charge on any atom is -0.444 e. The van der Waals surface area contributed by atoms with E-state index in [1.807, 2.05) is 0 Å². The Kier molecular flexibility index (Phi) is 2.57. The predicted molar refractivity (Wildman–Crippen MR) is 66.0 cm³/mol. The zero-order valence-electron chi connectivity index (χ0n) is 10.8. The van der Waals surface area contributed by atoms with Crippen molar-refractivity contribution in [2.75, 3.05) is 0 Å². The van der Waals surface area contributed by atoms with Gasteiger partial charge in [0.05, 0.1) is 12.7 Å². The number of hydrogen-bond acceptors (Lipinski definition) is 3. The van der Waals surface area contributed by atoms with Crippen LogP contribution in [0.25, 0.3) is 0 Å². The fraction of sp³-hybridized carbons (Fsp3) is 0.692. The summed E-state index contributed by atoms with van der Waals surface area (Å²) < 4.78 is 5.57. The average Bonchev–Trinajstić information content (AvgIpc) is 3.19. The summed E-state index contributed by atoms with van der Waals surface area (Å²) >= 11 is 0. The molecule has 3 rings (SSSR count). The van der Waals surface area contributed by atoms with Gasteiger partial charge in [-0.05, 0) is 24.7 Å². The van der Waals surface area contributed by atoms with Gasteiger partial charge in [0.1, 0.15) is 5.76 Å². The zero-order valence-corrected chi connectivity index (χ0v) is 10.8. The third-order valence-electron chi connectivity index (χ3n) is 3.74. The highest BCUT2D eigenvalue weighted by molar-refractivity contribution is 5.74. The lowest BCUT2D eigenvalue weighted by Gasteiger charge is -2.07. The molecule has 5 nitrogen and oxygen atoms in total. The highest BCUT2D eigenvalue weighted by Gasteiger charge is 2.46. The van der Waals surface area contributed by atoms with E-state index in [1.165, 1.54) is 12.8 Å². The first-order valence-corrected chi connectivity index (χ1v) is 6.53. The van der Waals surface area contributed by atoms with Gasteiger partial charge < -0.3 is 15.1 Å². The molecule has 2 aliphatic carbocycles. The minimum absolute atomic E-state index is 0.130. The van der Waals surface area contributed by atoms with E-state index in [4.69, 9.17) is 4.42 Å². The molecule has 1 heterocycles. The molecule has 1 aromatic rings. The quantitative estimate of drug-likeness (QED) is 0.859. The van der Waals surface area contributed by atoms with Gasteiger partial charge in [0, 0.05) is 12.0 Å². The molecule has 0 spiro atoms. The number of rotatable bonds is 4. The van der Waals surface area contributed by atoms with E-state index in [9.17, 15) is 4.79 Å². The number of carbonyl (C=O) groups is 1. The van der Waals surface area contributed by atoms with E-state index < -0.39 is 0 Å². The maximum Gasteiger partial charge on any atom is 0.315 e. The van der Waals surface area contributed by atoms with Gasteiger partial charge in [-0.1, -0.05) is 13.8 Å². The van der Waals surface area contributed by atoms with E-state index in [1.54, 1.807) is 6.20 Å². The highest BCUT2D eigenvalue weighted by atomic mass is 16.4. The Bertz CT molecular complexity index is 463. The van der Waals surface area contributed by atoms with Crippen LogP contribution in [0.15, 0.2) is 10.6 Å². The maximum absolute atomic E-state index is 11.6. The van der Waals surface area contributed by atoms with Crippen LogP contribution in [0, 0.1) is 5.41 Å². The van der Waals surface area contributed by atoms with Gasteiger partial charge in [-0.2, -0.15) is 0 Å². The second-order valence-electron chi connectivity index (χ2n) is 6.01. The molecule has 2 saturated carbocycles. The molecule has 2 fully saturated rings. The summed E-state index contributed by atoms with van der Waals surface area (Å²) in [6, 6.07) is 0.171. The molecule has 1 aromatic heterocycles. The molecule has 2 aliphatic rings. The third-order valence-corrected chi connectivity index (χ3v) is 3.74. The summed E-state index contributed by atoms with van der Waals surface area (Å²) in [4.78, 5) is 15.8. The number of urea groups is 1. The van der Waals surface area contributed by atoms with Crippen LogP contribution >= 0.6 is 0 Å². The molecule has 0 aliphatic heterocycles. The van der Waals surface area contributed by atoms with Crippen LogP contribution in [0.1, 0.15) is 50.7 Å². The standard InChI is InChI=1S/C13H19N3O2/c1-13(2)5-10(13)16-12(17)15-7-9-6-14-11(18-9)8-3-4-8/h6,8,10H,3-5,7H2,1-2H3,(H2,15,16,17)/t10-/m0/s1. The second kappa shape index (κ2) is 4.00. The first-order chi connectivity index (χ1) is 8.54. The van der Waals surface area contributed by atoms with Crippen molar-refractivity contribution in [3.05, 3.63) is 17.8 Å². The van der Waals surface area contributed by atoms with Crippen LogP contribution in [0.3, 0.4) is 0 Å². The van der Waals surface area contributed by atoms with Crippen molar-refractivity contribution < 1.29 is 9.21 Å². The molecule has 0 radical (unpaired) electrons. The Hall–Kier alpha value is -1.52. The summed E-state index contributed by atoms with van der Waals surface area (Å²) in [6.07, 6.45) is 5.10. The normalized spacial score (nSPS) is 24.7. The van der Waals surface area contributed by atoms with E-state index in [2.05, 4.69) is 29.5 Å². The lowest BCUT2D eigenvalue weighted by molar-refractivity contribution is 0.237. The van der Waals surface area contributed by atoms with Crippen LogP contribution in [0.2, 0.25) is 0 Å². The van der Waals surface area contributed by atoms with Crippen molar-refractivity contribution in [3.8, 4) is 0 Å². The summed E-state index contributed by atoms with van der Waals surface area (Å²) in [5.74, 6) is 2.05. The molecule has 2 N–H and O–H groups in total. The number of carbonyl (C=O) groups excluding carboxylic acids is 1. The second-order valence-corrected chi connectivity index (χ2v) is 6.01. The topological polar surface area (TPSA) is 67.2 Å². The average molecular weight is 249 g/mol. The van der Waals surface area contributed by atoms with Gasteiger partial charge in [-0.25, -0.2) is 9.78 Å². The summed E-state index contributed by atoms with van der Waals surface area (Å²) in [6.45, 7) is 4.70. The minimum atomic E-state index is -0.130. The highest BCUT2D eigenvalue weighted by Crippen LogP contribution is 2.44. The van der Waals surface area contributed by atoms with E-state index >= 15 is 0 Å². The zero-order chi connectivity index (χ0) is 12.8. The van der Waals surface area contributed by atoms with Crippen molar-refractivity contribution in [2.24, 2.45) is 5.41 Å². The van der Waals surface area contributed by atoms with Gasteiger partial charge in [-0.3, -0.25) is 0 Å². The lowest BCUT2D eigenvalue weighted by atomic mass is 10.2. The van der Waals surface area contributed by atoms with Gasteiger partial charge in [-0.15, -0.1) is 0 Å². The van der Waals surface area contributed by atoms with E-state index in [-0.39, 0.29) is 11.4 Å². The van der Waals surface area contributed by atoms with Crippen molar-refractivity contribution >= 4 is 6.03 Å². The molecule has 0 bridgehead atoms. The first-order valence-electron chi connectivity index (χ1n) is 6.53. The molecule has 98 valence electrons. The number of amides is 2. The number of nitrogens with zero attached hydrogens (tertiary/aromatic N) is 1. The van der Waals surface area contributed by atoms with Crippen LogP contribution in [0.5, 0.6) is 0 Å². The summed E-state index contributed by atoms with van der Waals surface area (Å²) in [5.41, 5.74) is 0.253. The Labute approximate surface area is 106 Å². The molecular formula is C13H19N3O2. The van der Waals surface area contributed by atoms with Crippen LogP contribution < -0.4 is 10.6 Å². The SMILES string of the molecule is CC1(C)C[C@@H]1NC(=O)NCc1cnc(C2CC2)o1. The van der Waals surface area contributed by atoms with Crippen molar-refractivity contribution in [1.29, 1.82) is 0 Å². The molecule has 5 heteroatoms. The van der Waals surface area contributed by atoms with Gasteiger partial charge in [0.25, 0.3) is 0 Å².